The Kier molecular flexibility index (Phi) is 53.7. The number of hydrogen-bond donors (Lipinski definition) is 5. The van der Waals surface area contributed by atoms with Gasteiger partial charge in [-0.15, -0.1) is 0 Å². The highest BCUT2D eigenvalue weighted by atomic mass is 79.9. The number of ether oxygens (including phenoxy) is 4. The van der Waals surface area contributed by atoms with Crippen LogP contribution in [-0.4, -0.2) is 129 Å². The summed E-state index contributed by atoms with van der Waals surface area (Å²) in [6.07, 6.45) is 37.8. The molecule has 0 bridgehead atoms. The van der Waals surface area contributed by atoms with Gasteiger partial charge in [0, 0.05) is 41.7 Å². The van der Waals surface area contributed by atoms with Crippen molar-refractivity contribution in [3.8, 4) is 0 Å². The highest BCUT2D eigenvalue weighted by molar-refractivity contribution is 9.09. The largest absolute Gasteiger partial charge is 0.481 e. The van der Waals surface area contributed by atoms with E-state index in [9.17, 15) is 53.1 Å². The van der Waals surface area contributed by atoms with Gasteiger partial charge in [-0.3, -0.25) is 47.9 Å². The topological polar surface area (TPSA) is 309 Å². The highest BCUT2D eigenvalue weighted by Crippen LogP contribution is 2.56. The summed E-state index contributed by atoms with van der Waals surface area (Å²) in [6, 6.07) is 0. The summed E-state index contributed by atoms with van der Waals surface area (Å²) in [6.45, 7) is 22.9. The fourth-order valence-corrected chi connectivity index (χ4v) is 14.0. The summed E-state index contributed by atoms with van der Waals surface area (Å²) < 4.78 is 21.7. The SMILES string of the molecule is BrCCCCBr.C.C.C.C.C.C.CC(C)(C)OC(=O)C1(CCCCBr)CC1.CC(C)(C)OC(=O)C1(CCCCC(=O)CCCCC2(C(=O)OC(C)(C)C)CC2)CC1.CC(C)(C)OC(=O)C1CC1.O=C(CCCCC1(C(=O)O)CC1)CCCCC1(C(=O)O)CC1.O=C(O)C1(CCCCC(O)CCCCC2(C(=O)O)CC2)CC1. The molecular weight excluding hydrogens is 1610 g/mol. The zero-order valence-electron chi connectivity index (χ0n) is 66.7. The molecule has 0 aromatic rings. The van der Waals surface area contributed by atoms with Crippen LogP contribution in [0, 0.1) is 43.8 Å². The number of ketones is 2. The summed E-state index contributed by atoms with van der Waals surface area (Å²) in [4.78, 5) is 116. The molecule has 111 heavy (non-hydrogen) atoms. The van der Waals surface area contributed by atoms with Crippen molar-refractivity contribution in [3.63, 3.8) is 0 Å². The van der Waals surface area contributed by atoms with Crippen molar-refractivity contribution < 1.29 is 92.4 Å². The summed E-state index contributed by atoms with van der Waals surface area (Å²) in [5, 5.41) is 49.5. The molecule has 22 heteroatoms. The first-order valence-electron chi connectivity index (χ1n) is 40.1. The van der Waals surface area contributed by atoms with Crippen molar-refractivity contribution in [2.45, 2.75) is 445 Å². The van der Waals surface area contributed by atoms with Crippen LogP contribution in [0.4, 0.5) is 0 Å². The number of esters is 4. The van der Waals surface area contributed by atoms with Crippen LogP contribution in [0.2, 0.25) is 0 Å². The van der Waals surface area contributed by atoms with E-state index < -0.39 is 56.7 Å². The molecule has 0 radical (unpaired) electrons. The number of alkyl halides is 3. The van der Waals surface area contributed by atoms with Crippen molar-refractivity contribution in [2.24, 2.45) is 43.8 Å². The number of aliphatic hydroxyl groups is 1. The number of unbranched alkanes of at least 4 members (excludes halogenated alkanes) is 8. The number of carbonyl (C=O) groups excluding carboxylic acids is 6. The number of aliphatic carboxylic acids is 4. The standard InChI is InChI=1S/C25H42O5.C17H28O5.C17H26O5.C12H21BrO2.C8H14O2.C4H8Br2.6CH4/c1-22(2,3)29-20(27)24(15-16-24)13-9-7-11-19(26)12-8-10-14-25(17-18-25)21(28)30-23(4,5)6;2*18-13(5-1-3-7-16(9-10-16)14(19)20)6-2-4-8-17(11-12-17)15(21)22;1-11(2,3)15-10(14)12(7-8-12)6-4-5-9-13;1-8(2,3)10-7(9)6-4-5-6;5-3-1-2-4-6;;;;;;/h7-18H2,1-6H3;13,18H,1-12H2,(H,19,20)(H,21,22);1-12H2,(H,19,20)(H,21,22);4-9H2,1-3H3;6H,4-5H2,1-3H3;1-4H2;6*1H4. The number of aliphatic hydroxyl groups excluding tert-OH is 1. The first-order valence-corrected chi connectivity index (χ1v) is 43.5. The lowest BCUT2D eigenvalue weighted by atomic mass is 9.95. The second kappa shape index (κ2) is 52.3. The Bertz CT molecular complexity index is 2600. The first kappa shape index (κ1) is 114. The highest BCUT2D eigenvalue weighted by Gasteiger charge is 2.55. The van der Waals surface area contributed by atoms with Crippen molar-refractivity contribution in [2.75, 3.05) is 16.0 Å². The second-order valence-corrected chi connectivity index (χ2v) is 38.7. The number of Topliss-reactive ketones (excluding diaryl/α,β-unsaturated/α-hetero) is 2. The Morgan fingerprint density at radius 1 is 0.306 bits per heavy atom. The fraction of sp³-hybridized carbons (Fsp3) is 0.888. The lowest BCUT2D eigenvalue weighted by Crippen LogP contribution is -2.29. The maximum atomic E-state index is 12.3. The van der Waals surface area contributed by atoms with Gasteiger partial charge >= 0.3 is 47.8 Å². The van der Waals surface area contributed by atoms with Gasteiger partial charge in [-0.1, -0.05) is 150 Å². The van der Waals surface area contributed by atoms with Crippen molar-refractivity contribution in [1.29, 1.82) is 0 Å². The smallest absolute Gasteiger partial charge is 0.312 e. The Morgan fingerprint density at radius 3 is 0.676 bits per heavy atom. The molecule has 0 saturated heterocycles. The predicted octanol–water partition coefficient (Wildman–Crippen LogP) is 24.3. The van der Waals surface area contributed by atoms with E-state index in [1.807, 2.05) is 83.1 Å². The van der Waals surface area contributed by atoms with Crippen LogP contribution in [0.3, 0.4) is 0 Å². The van der Waals surface area contributed by atoms with Gasteiger partial charge in [0.05, 0.1) is 49.9 Å². The third kappa shape index (κ3) is 46.9. The molecule has 654 valence electrons. The van der Waals surface area contributed by atoms with Crippen LogP contribution in [0.25, 0.3) is 0 Å². The Hall–Kier alpha value is -3.50. The van der Waals surface area contributed by atoms with E-state index in [0.29, 0.717) is 44.3 Å². The summed E-state index contributed by atoms with van der Waals surface area (Å²) in [5.74, 6) is -2.12. The van der Waals surface area contributed by atoms with Gasteiger partial charge in [-0.05, 0) is 289 Å². The lowest BCUT2D eigenvalue weighted by molar-refractivity contribution is -0.163. The molecule has 0 aromatic heterocycles. The van der Waals surface area contributed by atoms with Gasteiger partial charge < -0.3 is 44.5 Å². The molecule has 5 N–H and O–H groups in total. The Morgan fingerprint density at radius 2 is 0.495 bits per heavy atom. The molecular formula is C89H163Br3O19. The van der Waals surface area contributed by atoms with E-state index in [2.05, 4.69) is 47.8 Å². The molecule has 0 heterocycles. The van der Waals surface area contributed by atoms with E-state index >= 15 is 0 Å². The van der Waals surface area contributed by atoms with Crippen LogP contribution in [0.1, 0.15) is 417 Å². The molecule has 8 aliphatic carbocycles. The van der Waals surface area contributed by atoms with Crippen LogP contribution in [0.15, 0.2) is 0 Å². The second-order valence-electron chi connectivity index (χ2n) is 36.3. The molecule has 19 nitrogen and oxygen atoms in total. The third-order valence-corrected chi connectivity index (χ3v) is 23.2. The number of halogens is 3. The summed E-state index contributed by atoms with van der Waals surface area (Å²) in [7, 11) is 0. The van der Waals surface area contributed by atoms with Crippen molar-refractivity contribution in [1.82, 2.24) is 0 Å². The minimum absolute atomic E-state index is 0. The van der Waals surface area contributed by atoms with E-state index in [0.717, 1.165) is 254 Å². The third-order valence-electron chi connectivity index (χ3n) is 21.5. The number of carboxylic acids is 4. The summed E-state index contributed by atoms with van der Waals surface area (Å²) >= 11 is 10.1. The number of rotatable bonds is 45. The maximum absolute atomic E-state index is 12.3. The molecule has 0 amide bonds. The Balaban J connectivity index is -0.000000643. The zero-order chi connectivity index (χ0) is 79.2. The molecule has 0 spiro atoms. The molecule has 0 unspecified atom stereocenters. The van der Waals surface area contributed by atoms with Crippen molar-refractivity contribution in [3.05, 3.63) is 0 Å². The van der Waals surface area contributed by atoms with E-state index in [4.69, 9.17) is 39.4 Å². The minimum atomic E-state index is -0.689. The molecule has 8 rings (SSSR count). The van der Waals surface area contributed by atoms with E-state index in [-0.39, 0.29) is 114 Å². The fourth-order valence-electron chi connectivity index (χ4n) is 12.8. The quantitative estimate of drug-likeness (QED) is 0.0164. The van der Waals surface area contributed by atoms with E-state index in [1.165, 1.54) is 12.8 Å². The molecule has 8 saturated carbocycles. The van der Waals surface area contributed by atoms with Gasteiger partial charge in [0.2, 0.25) is 0 Å². The first-order chi connectivity index (χ1) is 48.9. The zero-order valence-corrected chi connectivity index (χ0v) is 71.4. The van der Waals surface area contributed by atoms with E-state index in [1.54, 1.807) is 0 Å². The average Bonchev–Trinajstić information content (AvgIpc) is 1.64. The lowest BCUT2D eigenvalue weighted by Gasteiger charge is -2.23. The molecule has 8 fully saturated rings. The Labute approximate surface area is 700 Å². The summed E-state index contributed by atoms with van der Waals surface area (Å²) in [5.41, 5.74) is -4.04. The molecule has 0 aromatic carbocycles. The van der Waals surface area contributed by atoms with Gasteiger partial charge in [0.1, 0.15) is 34.0 Å². The molecule has 0 aliphatic heterocycles. The van der Waals surface area contributed by atoms with Crippen molar-refractivity contribution >= 4 is 107 Å². The van der Waals surface area contributed by atoms with Crippen LogP contribution in [0.5, 0.6) is 0 Å². The van der Waals surface area contributed by atoms with Gasteiger partial charge in [-0.2, -0.15) is 0 Å². The van der Waals surface area contributed by atoms with Gasteiger partial charge in [-0.25, -0.2) is 0 Å². The molecule has 8 aliphatic rings. The number of carboxylic acid groups (broad SMARTS) is 4. The minimum Gasteiger partial charge on any atom is -0.481 e. The molecule has 0 atom stereocenters. The monoisotopic (exact) mass is 1770 g/mol. The normalized spacial score (nSPS) is 18.0. The van der Waals surface area contributed by atoms with Gasteiger partial charge in [0.25, 0.3) is 0 Å². The average molecular weight is 1780 g/mol. The number of hydrogen-bond acceptors (Lipinski definition) is 15. The number of carbonyl (C=O) groups is 10. The van der Waals surface area contributed by atoms with Crippen LogP contribution in [-0.2, 0) is 66.9 Å². The predicted molar refractivity (Wildman–Crippen MR) is 460 cm³/mol. The maximum Gasteiger partial charge on any atom is 0.312 e. The van der Waals surface area contributed by atoms with Gasteiger partial charge in [0.15, 0.2) is 0 Å². The van der Waals surface area contributed by atoms with Crippen LogP contribution >= 0.6 is 47.8 Å². The van der Waals surface area contributed by atoms with Crippen LogP contribution < -0.4 is 0 Å².